The fourth-order valence-electron chi connectivity index (χ4n) is 2.10. The van der Waals surface area contributed by atoms with E-state index in [1.807, 2.05) is 37.6 Å². The minimum Gasteiger partial charge on any atom is -0.365 e. The number of rotatable bonds is 2. The molecule has 5 heteroatoms. The molecule has 2 N–H and O–H groups in total. The Morgan fingerprint density at radius 3 is 3.00 bits per heavy atom. The summed E-state index contributed by atoms with van der Waals surface area (Å²) >= 11 is 1.57. The maximum atomic E-state index is 11.6. The third-order valence-electron chi connectivity index (χ3n) is 3.18. The van der Waals surface area contributed by atoms with Gasteiger partial charge in [-0.2, -0.15) is 0 Å². The molecule has 1 amide bonds. The summed E-state index contributed by atoms with van der Waals surface area (Å²) in [5, 5.41) is 8.81. The molecule has 18 heavy (non-hydrogen) atoms. The van der Waals surface area contributed by atoms with Gasteiger partial charge in [0, 0.05) is 23.7 Å². The molecule has 0 aliphatic carbocycles. The van der Waals surface area contributed by atoms with Crippen molar-refractivity contribution < 1.29 is 4.79 Å². The Morgan fingerprint density at radius 1 is 1.44 bits per heavy atom. The molecule has 0 bridgehead atoms. The van der Waals surface area contributed by atoms with E-state index in [1.165, 1.54) is 0 Å². The van der Waals surface area contributed by atoms with E-state index in [9.17, 15) is 4.79 Å². The van der Waals surface area contributed by atoms with Crippen LogP contribution in [0.2, 0.25) is 0 Å². The zero-order valence-corrected chi connectivity index (χ0v) is 11.0. The summed E-state index contributed by atoms with van der Waals surface area (Å²) in [5.41, 5.74) is 3.96. The molecule has 1 atom stereocenters. The monoisotopic (exact) mass is 259 g/mol. The molecule has 1 aromatic heterocycles. The number of anilines is 2. The highest BCUT2D eigenvalue weighted by Crippen LogP contribution is 2.35. The van der Waals surface area contributed by atoms with Gasteiger partial charge in [0.25, 0.3) is 0 Å². The highest BCUT2D eigenvalue weighted by molar-refractivity contribution is 7.14. The number of benzene rings is 1. The van der Waals surface area contributed by atoms with Gasteiger partial charge in [0.05, 0.1) is 11.6 Å². The number of nitrogens with zero attached hydrogens (tertiary/aromatic N) is 1. The van der Waals surface area contributed by atoms with E-state index in [-0.39, 0.29) is 11.8 Å². The van der Waals surface area contributed by atoms with Gasteiger partial charge in [0.2, 0.25) is 5.91 Å². The second kappa shape index (κ2) is 4.10. The fourth-order valence-corrected chi connectivity index (χ4v) is 2.78. The lowest BCUT2D eigenvalue weighted by molar-refractivity contribution is -0.116. The van der Waals surface area contributed by atoms with Gasteiger partial charge in [0.15, 0.2) is 5.13 Å². The third kappa shape index (κ3) is 1.67. The molecule has 0 unspecified atom stereocenters. The Labute approximate surface area is 109 Å². The average Bonchev–Trinajstić information content (AvgIpc) is 2.96. The highest BCUT2D eigenvalue weighted by atomic mass is 32.1. The normalized spacial score (nSPS) is 17.4. The number of thiazole rings is 1. The van der Waals surface area contributed by atoms with Gasteiger partial charge in [-0.1, -0.05) is 6.07 Å². The van der Waals surface area contributed by atoms with Crippen LogP contribution in [0.15, 0.2) is 23.6 Å². The van der Waals surface area contributed by atoms with E-state index < -0.39 is 0 Å². The predicted octanol–water partition coefficient (Wildman–Crippen LogP) is 2.91. The Hall–Kier alpha value is -1.88. The van der Waals surface area contributed by atoms with Crippen molar-refractivity contribution in [2.24, 2.45) is 0 Å². The quantitative estimate of drug-likeness (QED) is 0.872. The van der Waals surface area contributed by atoms with Crippen LogP contribution in [-0.2, 0) is 4.79 Å². The van der Waals surface area contributed by atoms with Crippen molar-refractivity contribution in [1.29, 1.82) is 0 Å². The molecular formula is C13H13N3OS. The second-order valence-corrected chi connectivity index (χ2v) is 5.16. The molecule has 0 radical (unpaired) electrons. The van der Waals surface area contributed by atoms with Crippen LogP contribution in [0.3, 0.4) is 0 Å². The molecule has 4 nitrogen and oxygen atoms in total. The van der Waals surface area contributed by atoms with Crippen LogP contribution in [0.25, 0.3) is 11.3 Å². The van der Waals surface area contributed by atoms with E-state index in [0.29, 0.717) is 0 Å². The largest absolute Gasteiger partial charge is 0.365 e. The Bertz CT molecular complexity index is 620. The van der Waals surface area contributed by atoms with Gasteiger partial charge >= 0.3 is 0 Å². The molecule has 2 aromatic rings. The summed E-state index contributed by atoms with van der Waals surface area (Å²) < 4.78 is 0. The summed E-state index contributed by atoms with van der Waals surface area (Å²) in [6, 6.07) is 5.99. The number of hydrogen-bond donors (Lipinski definition) is 2. The number of carbonyl (C=O) groups excluding carboxylic acids is 1. The number of hydrogen-bond acceptors (Lipinski definition) is 4. The van der Waals surface area contributed by atoms with E-state index in [1.54, 1.807) is 11.3 Å². The standard InChI is InChI=1S/C13H13N3OS/c1-7-9-5-8(3-4-10(9)15-12(7)17)11-6-18-13(14-2)16-11/h3-7H,1-2H3,(H,14,16)(H,15,17)/t7-/m1/s1. The van der Waals surface area contributed by atoms with Crippen molar-refractivity contribution in [1.82, 2.24) is 4.98 Å². The van der Waals surface area contributed by atoms with Gasteiger partial charge in [-0.15, -0.1) is 11.3 Å². The number of amides is 1. The molecule has 0 saturated heterocycles. The van der Waals surface area contributed by atoms with E-state index >= 15 is 0 Å². The van der Waals surface area contributed by atoms with E-state index in [4.69, 9.17) is 0 Å². The van der Waals surface area contributed by atoms with Crippen LogP contribution >= 0.6 is 11.3 Å². The van der Waals surface area contributed by atoms with Crippen LogP contribution in [0.4, 0.5) is 10.8 Å². The molecule has 0 spiro atoms. The summed E-state index contributed by atoms with van der Waals surface area (Å²) in [6.07, 6.45) is 0. The smallest absolute Gasteiger partial charge is 0.231 e. The molecule has 1 aliphatic rings. The molecule has 0 saturated carbocycles. The first-order valence-electron chi connectivity index (χ1n) is 5.77. The molecule has 1 aliphatic heterocycles. The first-order valence-corrected chi connectivity index (χ1v) is 6.65. The van der Waals surface area contributed by atoms with Crippen LogP contribution < -0.4 is 10.6 Å². The van der Waals surface area contributed by atoms with Gasteiger partial charge in [-0.05, 0) is 24.6 Å². The lowest BCUT2D eigenvalue weighted by atomic mass is 10.00. The zero-order chi connectivity index (χ0) is 12.7. The topological polar surface area (TPSA) is 54.0 Å². The lowest BCUT2D eigenvalue weighted by Gasteiger charge is -2.03. The SMILES string of the molecule is CNc1nc(-c2ccc3c(c2)[C@@H](C)C(=O)N3)cs1. The lowest BCUT2D eigenvalue weighted by Crippen LogP contribution is -2.08. The predicted molar refractivity (Wildman–Crippen MR) is 74.1 cm³/mol. The van der Waals surface area contributed by atoms with Crippen molar-refractivity contribution >= 4 is 28.1 Å². The van der Waals surface area contributed by atoms with Gasteiger partial charge in [-0.25, -0.2) is 4.98 Å². The van der Waals surface area contributed by atoms with Crippen LogP contribution in [0, 0.1) is 0 Å². The maximum absolute atomic E-state index is 11.6. The minimum absolute atomic E-state index is 0.0661. The summed E-state index contributed by atoms with van der Waals surface area (Å²) in [4.78, 5) is 16.1. The molecule has 92 valence electrons. The molecule has 1 aromatic carbocycles. The number of nitrogens with one attached hydrogen (secondary N) is 2. The first-order chi connectivity index (χ1) is 8.69. The number of fused-ring (bicyclic) bond motifs is 1. The Kier molecular flexibility index (Phi) is 2.56. The Morgan fingerprint density at radius 2 is 2.28 bits per heavy atom. The van der Waals surface area contributed by atoms with Crippen molar-refractivity contribution in [2.75, 3.05) is 17.7 Å². The molecule has 2 heterocycles. The van der Waals surface area contributed by atoms with Crippen LogP contribution in [0.1, 0.15) is 18.4 Å². The second-order valence-electron chi connectivity index (χ2n) is 4.30. The number of aromatic nitrogens is 1. The van der Waals surface area contributed by atoms with Gasteiger partial charge < -0.3 is 10.6 Å². The highest BCUT2D eigenvalue weighted by Gasteiger charge is 2.26. The van der Waals surface area contributed by atoms with Gasteiger partial charge in [-0.3, -0.25) is 4.79 Å². The Balaban J connectivity index is 2.03. The zero-order valence-electron chi connectivity index (χ0n) is 10.2. The fraction of sp³-hybridized carbons (Fsp3) is 0.231. The van der Waals surface area contributed by atoms with E-state index in [0.717, 1.165) is 27.6 Å². The average molecular weight is 259 g/mol. The van der Waals surface area contributed by atoms with Gasteiger partial charge in [0.1, 0.15) is 0 Å². The van der Waals surface area contributed by atoms with Crippen LogP contribution in [-0.4, -0.2) is 17.9 Å². The van der Waals surface area contributed by atoms with E-state index in [2.05, 4.69) is 15.6 Å². The van der Waals surface area contributed by atoms with Crippen LogP contribution in [0.5, 0.6) is 0 Å². The van der Waals surface area contributed by atoms with Crippen molar-refractivity contribution in [3.05, 3.63) is 29.1 Å². The summed E-state index contributed by atoms with van der Waals surface area (Å²) in [7, 11) is 1.86. The maximum Gasteiger partial charge on any atom is 0.231 e. The van der Waals surface area contributed by atoms with Crippen molar-refractivity contribution in [3.63, 3.8) is 0 Å². The molecular weight excluding hydrogens is 246 g/mol. The third-order valence-corrected chi connectivity index (χ3v) is 4.04. The number of carbonyl (C=O) groups is 1. The minimum atomic E-state index is -0.0812. The van der Waals surface area contributed by atoms with Crippen molar-refractivity contribution in [3.8, 4) is 11.3 Å². The summed E-state index contributed by atoms with van der Waals surface area (Å²) in [6.45, 7) is 1.92. The summed E-state index contributed by atoms with van der Waals surface area (Å²) in [5.74, 6) is -0.0151. The molecule has 0 fully saturated rings. The van der Waals surface area contributed by atoms with Crippen molar-refractivity contribution in [2.45, 2.75) is 12.8 Å². The molecule has 3 rings (SSSR count). The first kappa shape index (κ1) is 11.2.